The second-order valence-corrected chi connectivity index (χ2v) is 7.81. The maximum atomic E-state index is 12.5. The molecule has 3 rings (SSSR count). The SMILES string of the molecule is Cc1ccc(NC(=O)c2cc(C(N)=O)cnn2)cc1B1OC(C)(C)C(C)(C)O1. The molecule has 0 bridgehead atoms. The molecule has 1 saturated heterocycles. The maximum Gasteiger partial charge on any atom is 0.495 e. The Morgan fingerprint density at radius 2 is 1.75 bits per heavy atom. The van der Waals surface area contributed by atoms with E-state index in [1.54, 1.807) is 12.1 Å². The predicted molar refractivity (Wildman–Crippen MR) is 105 cm³/mol. The monoisotopic (exact) mass is 382 g/mol. The van der Waals surface area contributed by atoms with Crippen LogP contribution in [0.1, 0.15) is 54.1 Å². The third kappa shape index (κ3) is 3.76. The van der Waals surface area contributed by atoms with E-state index in [1.165, 1.54) is 12.3 Å². The lowest BCUT2D eigenvalue weighted by molar-refractivity contribution is 0.00578. The summed E-state index contributed by atoms with van der Waals surface area (Å²) in [4.78, 5) is 23.7. The van der Waals surface area contributed by atoms with Crippen LogP contribution in [0.15, 0.2) is 30.5 Å². The van der Waals surface area contributed by atoms with Gasteiger partial charge in [-0.25, -0.2) is 0 Å². The van der Waals surface area contributed by atoms with Crippen molar-refractivity contribution in [1.82, 2.24) is 10.2 Å². The van der Waals surface area contributed by atoms with Crippen LogP contribution in [0.4, 0.5) is 5.69 Å². The quantitative estimate of drug-likeness (QED) is 0.773. The van der Waals surface area contributed by atoms with E-state index >= 15 is 0 Å². The van der Waals surface area contributed by atoms with Crippen LogP contribution in [-0.2, 0) is 9.31 Å². The number of carbonyl (C=O) groups is 2. The number of carbonyl (C=O) groups excluding carboxylic acids is 2. The highest BCUT2D eigenvalue weighted by Gasteiger charge is 2.52. The standard InChI is InChI=1S/C19H23BN4O4/c1-11-6-7-13(9-14(11)20-27-18(2,3)19(4,5)28-20)23-17(26)15-8-12(16(21)25)10-22-24-15/h6-10H,1-5H3,(H2,21,25)(H,23,26). The number of amides is 2. The summed E-state index contributed by atoms with van der Waals surface area (Å²) in [7, 11) is -0.542. The molecule has 9 heteroatoms. The number of hydrogen-bond donors (Lipinski definition) is 2. The first-order chi connectivity index (χ1) is 13.0. The summed E-state index contributed by atoms with van der Waals surface area (Å²) in [5.74, 6) is -1.18. The summed E-state index contributed by atoms with van der Waals surface area (Å²) in [5, 5.41) is 10.1. The van der Waals surface area contributed by atoms with Gasteiger partial charge in [0.1, 0.15) is 0 Å². The number of aryl methyl sites for hydroxylation is 1. The van der Waals surface area contributed by atoms with Crippen LogP contribution in [0, 0.1) is 6.92 Å². The summed E-state index contributed by atoms with van der Waals surface area (Å²) in [6, 6.07) is 6.75. The zero-order chi connectivity index (χ0) is 20.7. The molecule has 1 aliphatic rings. The summed E-state index contributed by atoms with van der Waals surface area (Å²) in [6.45, 7) is 9.89. The van der Waals surface area contributed by atoms with Gasteiger partial charge in [0, 0.05) is 5.69 Å². The molecule has 28 heavy (non-hydrogen) atoms. The van der Waals surface area contributed by atoms with Crippen LogP contribution >= 0.6 is 0 Å². The van der Waals surface area contributed by atoms with Gasteiger partial charge in [-0.05, 0) is 58.3 Å². The Kier molecular flexibility index (Phi) is 4.99. The van der Waals surface area contributed by atoms with Crippen LogP contribution < -0.4 is 16.5 Å². The minimum Gasteiger partial charge on any atom is -0.399 e. The van der Waals surface area contributed by atoms with E-state index in [2.05, 4.69) is 15.5 Å². The molecule has 1 aromatic heterocycles. The van der Waals surface area contributed by atoms with Gasteiger partial charge in [0.25, 0.3) is 5.91 Å². The first kappa shape index (κ1) is 20.0. The van der Waals surface area contributed by atoms with E-state index < -0.39 is 30.1 Å². The van der Waals surface area contributed by atoms with Gasteiger partial charge in [0.05, 0.1) is 23.0 Å². The van der Waals surface area contributed by atoms with E-state index in [1.807, 2.05) is 40.7 Å². The number of anilines is 1. The highest BCUT2D eigenvalue weighted by molar-refractivity contribution is 6.62. The molecular formula is C19H23BN4O4. The number of benzene rings is 1. The Labute approximate surface area is 164 Å². The Morgan fingerprint density at radius 1 is 1.11 bits per heavy atom. The van der Waals surface area contributed by atoms with E-state index in [0.717, 1.165) is 11.0 Å². The topological polar surface area (TPSA) is 116 Å². The molecule has 0 radical (unpaired) electrons. The summed E-state index contributed by atoms with van der Waals surface area (Å²) < 4.78 is 12.2. The molecule has 0 unspecified atom stereocenters. The van der Waals surface area contributed by atoms with Gasteiger partial charge < -0.3 is 20.4 Å². The molecular weight excluding hydrogens is 359 g/mol. The average Bonchev–Trinajstić information content (AvgIpc) is 2.84. The molecule has 0 spiro atoms. The number of nitrogens with zero attached hydrogens (tertiary/aromatic N) is 2. The van der Waals surface area contributed by atoms with Crippen LogP contribution in [0.5, 0.6) is 0 Å². The molecule has 0 atom stereocenters. The first-order valence-electron chi connectivity index (χ1n) is 8.90. The van der Waals surface area contributed by atoms with Crippen molar-refractivity contribution in [3.63, 3.8) is 0 Å². The highest BCUT2D eigenvalue weighted by Crippen LogP contribution is 2.36. The van der Waals surface area contributed by atoms with Crippen molar-refractivity contribution < 1.29 is 18.9 Å². The fourth-order valence-electron chi connectivity index (χ4n) is 2.75. The zero-order valence-electron chi connectivity index (χ0n) is 16.6. The Morgan fingerprint density at radius 3 is 2.36 bits per heavy atom. The minimum atomic E-state index is -0.678. The third-order valence-electron chi connectivity index (χ3n) is 5.22. The van der Waals surface area contributed by atoms with Crippen LogP contribution in [0.25, 0.3) is 0 Å². The Bertz CT molecular complexity index is 929. The van der Waals surface area contributed by atoms with Crippen molar-refractivity contribution >= 4 is 30.1 Å². The molecule has 8 nitrogen and oxygen atoms in total. The van der Waals surface area contributed by atoms with E-state index in [4.69, 9.17) is 15.0 Å². The number of nitrogens with one attached hydrogen (secondary N) is 1. The lowest BCUT2D eigenvalue weighted by Crippen LogP contribution is -2.41. The normalized spacial score (nSPS) is 17.4. The zero-order valence-corrected chi connectivity index (χ0v) is 16.6. The van der Waals surface area contributed by atoms with Crippen LogP contribution in [0.3, 0.4) is 0 Å². The lowest BCUT2D eigenvalue weighted by atomic mass is 9.76. The van der Waals surface area contributed by atoms with Crippen molar-refractivity contribution in [3.8, 4) is 0 Å². The molecule has 0 aliphatic carbocycles. The molecule has 1 fully saturated rings. The molecule has 0 saturated carbocycles. The number of primary amides is 1. The van der Waals surface area contributed by atoms with Crippen molar-refractivity contribution in [2.24, 2.45) is 5.73 Å². The fourth-order valence-corrected chi connectivity index (χ4v) is 2.75. The predicted octanol–water partition coefficient (Wildman–Crippen LogP) is 1.44. The molecule has 2 heterocycles. The Hall–Kier alpha value is -2.78. The Balaban J connectivity index is 1.83. The van der Waals surface area contributed by atoms with Gasteiger partial charge in [0.15, 0.2) is 5.69 Å². The van der Waals surface area contributed by atoms with Gasteiger partial charge in [-0.3, -0.25) is 9.59 Å². The van der Waals surface area contributed by atoms with Crippen molar-refractivity contribution in [2.45, 2.75) is 45.8 Å². The fraction of sp³-hybridized carbons (Fsp3) is 0.368. The maximum absolute atomic E-state index is 12.5. The second-order valence-electron chi connectivity index (χ2n) is 7.81. The molecule has 3 N–H and O–H groups in total. The average molecular weight is 382 g/mol. The first-order valence-corrected chi connectivity index (χ1v) is 8.90. The van der Waals surface area contributed by atoms with Gasteiger partial charge in [-0.2, -0.15) is 5.10 Å². The van der Waals surface area contributed by atoms with Gasteiger partial charge in [0.2, 0.25) is 5.91 Å². The summed E-state index contributed by atoms with van der Waals surface area (Å²) in [6.07, 6.45) is 1.21. The summed E-state index contributed by atoms with van der Waals surface area (Å²) >= 11 is 0. The van der Waals surface area contributed by atoms with E-state index in [0.29, 0.717) is 5.69 Å². The van der Waals surface area contributed by atoms with Crippen molar-refractivity contribution in [3.05, 3.63) is 47.3 Å². The molecule has 1 aliphatic heterocycles. The van der Waals surface area contributed by atoms with Crippen LogP contribution in [-0.4, -0.2) is 40.3 Å². The molecule has 146 valence electrons. The highest BCUT2D eigenvalue weighted by atomic mass is 16.7. The third-order valence-corrected chi connectivity index (χ3v) is 5.22. The number of rotatable bonds is 4. The molecule has 1 aromatic carbocycles. The number of hydrogen-bond acceptors (Lipinski definition) is 6. The summed E-state index contributed by atoms with van der Waals surface area (Å²) in [5.41, 5.74) is 6.75. The lowest BCUT2D eigenvalue weighted by Gasteiger charge is -2.32. The van der Waals surface area contributed by atoms with E-state index in [9.17, 15) is 9.59 Å². The number of nitrogens with two attached hydrogens (primary N) is 1. The van der Waals surface area contributed by atoms with E-state index in [-0.39, 0.29) is 11.3 Å². The van der Waals surface area contributed by atoms with Gasteiger partial charge >= 0.3 is 7.12 Å². The minimum absolute atomic E-state index is 0.00550. The second kappa shape index (κ2) is 6.99. The van der Waals surface area contributed by atoms with Crippen LogP contribution in [0.2, 0.25) is 0 Å². The van der Waals surface area contributed by atoms with Gasteiger partial charge in [-0.15, -0.1) is 5.10 Å². The molecule has 2 amide bonds. The number of aromatic nitrogens is 2. The van der Waals surface area contributed by atoms with Crippen molar-refractivity contribution in [2.75, 3.05) is 5.32 Å². The smallest absolute Gasteiger partial charge is 0.399 e. The largest absolute Gasteiger partial charge is 0.495 e. The molecule has 2 aromatic rings. The van der Waals surface area contributed by atoms with Gasteiger partial charge in [-0.1, -0.05) is 11.6 Å². The van der Waals surface area contributed by atoms with Crippen molar-refractivity contribution in [1.29, 1.82) is 0 Å².